The summed E-state index contributed by atoms with van der Waals surface area (Å²) in [4.78, 5) is 0. The minimum Gasteiger partial charge on any atom is -0.496 e. The largest absolute Gasteiger partial charge is 0.496 e. The SMILES string of the molecule is CCNC(c1cc(Br)c(C)cc1OC)C(F)(F)F. The summed E-state index contributed by atoms with van der Waals surface area (Å²) >= 11 is 3.24. The van der Waals surface area contributed by atoms with Gasteiger partial charge in [0.1, 0.15) is 11.8 Å². The molecule has 102 valence electrons. The summed E-state index contributed by atoms with van der Waals surface area (Å²) in [5.41, 5.74) is 0.914. The third kappa shape index (κ3) is 3.38. The number of benzene rings is 1. The zero-order valence-corrected chi connectivity index (χ0v) is 11.9. The molecule has 0 aliphatic rings. The summed E-state index contributed by atoms with van der Waals surface area (Å²) in [5.74, 6) is 0.235. The number of aryl methyl sites for hydroxylation is 1. The first-order chi connectivity index (χ1) is 8.31. The average Bonchev–Trinajstić information content (AvgIpc) is 2.27. The van der Waals surface area contributed by atoms with Crippen molar-refractivity contribution in [3.05, 3.63) is 27.7 Å². The molecule has 1 aromatic rings. The van der Waals surface area contributed by atoms with Crippen LogP contribution in [0, 0.1) is 6.92 Å². The van der Waals surface area contributed by atoms with Crippen molar-refractivity contribution in [3.8, 4) is 5.75 Å². The lowest BCUT2D eigenvalue weighted by atomic mass is 10.0. The molecule has 18 heavy (non-hydrogen) atoms. The van der Waals surface area contributed by atoms with E-state index in [-0.39, 0.29) is 17.9 Å². The maximum absolute atomic E-state index is 13.0. The van der Waals surface area contributed by atoms with E-state index in [0.717, 1.165) is 5.56 Å². The zero-order chi connectivity index (χ0) is 13.9. The Morgan fingerprint density at radius 1 is 1.39 bits per heavy atom. The van der Waals surface area contributed by atoms with Crippen molar-refractivity contribution in [2.45, 2.75) is 26.1 Å². The summed E-state index contributed by atoms with van der Waals surface area (Å²) in [6, 6.07) is 1.32. The number of methoxy groups -OCH3 is 1. The van der Waals surface area contributed by atoms with E-state index in [1.165, 1.54) is 13.2 Å². The van der Waals surface area contributed by atoms with Gasteiger partial charge in [0.15, 0.2) is 0 Å². The van der Waals surface area contributed by atoms with E-state index in [4.69, 9.17) is 4.74 Å². The van der Waals surface area contributed by atoms with Gasteiger partial charge in [0.05, 0.1) is 7.11 Å². The molecule has 0 fully saturated rings. The van der Waals surface area contributed by atoms with E-state index >= 15 is 0 Å². The van der Waals surface area contributed by atoms with Gasteiger partial charge in [-0.15, -0.1) is 0 Å². The number of alkyl halides is 3. The summed E-state index contributed by atoms with van der Waals surface area (Å²) in [6.07, 6.45) is -4.36. The first-order valence-electron chi connectivity index (χ1n) is 5.45. The predicted octanol–water partition coefficient (Wildman–Crippen LogP) is 3.98. The van der Waals surface area contributed by atoms with Crippen LogP contribution in [0.5, 0.6) is 5.75 Å². The number of halogens is 4. The molecule has 0 saturated heterocycles. The Bertz CT molecular complexity index is 421. The van der Waals surface area contributed by atoms with Crippen LogP contribution < -0.4 is 10.1 Å². The van der Waals surface area contributed by atoms with E-state index in [1.54, 1.807) is 19.9 Å². The topological polar surface area (TPSA) is 21.3 Å². The van der Waals surface area contributed by atoms with E-state index < -0.39 is 12.2 Å². The number of nitrogens with one attached hydrogen (secondary N) is 1. The number of ether oxygens (including phenoxy) is 1. The molecule has 1 aromatic carbocycles. The maximum atomic E-state index is 13.0. The fraction of sp³-hybridized carbons (Fsp3) is 0.500. The third-order valence-electron chi connectivity index (χ3n) is 2.56. The molecule has 0 saturated carbocycles. The van der Waals surface area contributed by atoms with E-state index in [0.29, 0.717) is 4.47 Å². The molecule has 1 unspecified atom stereocenters. The number of hydrogen-bond donors (Lipinski definition) is 1. The lowest BCUT2D eigenvalue weighted by Crippen LogP contribution is -2.34. The van der Waals surface area contributed by atoms with Gasteiger partial charge in [-0.3, -0.25) is 0 Å². The smallest absolute Gasteiger partial charge is 0.408 e. The Morgan fingerprint density at radius 3 is 2.44 bits per heavy atom. The Hall–Kier alpha value is -0.750. The van der Waals surface area contributed by atoms with Crippen molar-refractivity contribution in [1.29, 1.82) is 0 Å². The van der Waals surface area contributed by atoms with Crippen LogP contribution in [0.25, 0.3) is 0 Å². The molecule has 0 amide bonds. The zero-order valence-electron chi connectivity index (χ0n) is 10.4. The number of rotatable bonds is 4. The van der Waals surface area contributed by atoms with Crippen LogP contribution in [0.15, 0.2) is 16.6 Å². The van der Waals surface area contributed by atoms with Crippen molar-refractivity contribution in [3.63, 3.8) is 0 Å². The van der Waals surface area contributed by atoms with E-state index in [2.05, 4.69) is 21.2 Å². The van der Waals surface area contributed by atoms with Crippen LogP contribution in [0.4, 0.5) is 13.2 Å². The molecule has 2 nitrogen and oxygen atoms in total. The van der Waals surface area contributed by atoms with Crippen molar-refractivity contribution >= 4 is 15.9 Å². The molecule has 0 aliphatic carbocycles. The first kappa shape index (κ1) is 15.3. The van der Waals surface area contributed by atoms with Gasteiger partial charge in [-0.1, -0.05) is 22.9 Å². The van der Waals surface area contributed by atoms with Crippen molar-refractivity contribution in [2.75, 3.05) is 13.7 Å². The molecule has 0 bridgehead atoms. The normalized spacial score (nSPS) is 13.5. The van der Waals surface area contributed by atoms with E-state index in [9.17, 15) is 13.2 Å². The molecule has 1 atom stereocenters. The molecule has 0 radical (unpaired) electrons. The Balaban J connectivity index is 3.31. The highest BCUT2D eigenvalue weighted by Crippen LogP contribution is 2.39. The minimum atomic E-state index is -4.36. The van der Waals surface area contributed by atoms with Crippen LogP contribution >= 0.6 is 15.9 Å². The molecule has 1 N–H and O–H groups in total. The molecule has 0 heterocycles. The monoisotopic (exact) mass is 325 g/mol. The van der Waals surface area contributed by atoms with Crippen molar-refractivity contribution < 1.29 is 17.9 Å². The second kappa shape index (κ2) is 5.93. The summed E-state index contributed by atoms with van der Waals surface area (Å²) < 4.78 is 44.7. The average molecular weight is 326 g/mol. The van der Waals surface area contributed by atoms with Crippen molar-refractivity contribution in [1.82, 2.24) is 5.32 Å². The molecule has 6 heteroatoms. The molecule has 0 spiro atoms. The molecule has 0 aliphatic heterocycles. The highest BCUT2D eigenvalue weighted by atomic mass is 79.9. The first-order valence-corrected chi connectivity index (χ1v) is 6.24. The van der Waals surface area contributed by atoms with E-state index in [1.807, 2.05) is 0 Å². The summed E-state index contributed by atoms with van der Waals surface area (Å²) in [5, 5.41) is 2.43. The second-order valence-corrected chi connectivity index (χ2v) is 4.73. The highest BCUT2D eigenvalue weighted by molar-refractivity contribution is 9.10. The van der Waals surface area contributed by atoms with Crippen LogP contribution in [-0.2, 0) is 0 Å². The highest BCUT2D eigenvalue weighted by Gasteiger charge is 2.41. The maximum Gasteiger partial charge on any atom is 0.408 e. The summed E-state index contributed by atoms with van der Waals surface area (Å²) in [6.45, 7) is 3.65. The van der Waals surface area contributed by atoms with Crippen LogP contribution in [0.2, 0.25) is 0 Å². The summed E-state index contributed by atoms with van der Waals surface area (Å²) in [7, 11) is 1.37. The third-order valence-corrected chi connectivity index (χ3v) is 3.41. The van der Waals surface area contributed by atoms with Crippen LogP contribution in [0.3, 0.4) is 0 Å². The van der Waals surface area contributed by atoms with Gasteiger partial charge in [-0.05, 0) is 31.2 Å². The molecule has 0 aromatic heterocycles. The van der Waals surface area contributed by atoms with Gasteiger partial charge in [0.2, 0.25) is 0 Å². The molecule has 1 rings (SSSR count). The fourth-order valence-corrected chi connectivity index (χ4v) is 2.04. The lowest BCUT2D eigenvalue weighted by molar-refractivity contribution is -0.157. The molecular formula is C12H15BrF3NO. The molecular weight excluding hydrogens is 311 g/mol. The second-order valence-electron chi connectivity index (χ2n) is 3.88. The predicted molar refractivity (Wildman–Crippen MR) is 67.9 cm³/mol. The Morgan fingerprint density at radius 2 is 2.00 bits per heavy atom. The number of hydrogen-bond acceptors (Lipinski definition) is 2. The standard InChI is InChI=1S/C12H15BrF3NO/c1-4-17-11(12(14,15)16)8-6-9(13)7(2)5-10(8)18-3/h5-6,11,17H,4H2,1-3H3. The minimum absolute atomic E-state index is 0.0873. The van der Waals surface area contributed by atoms with Crippen LogP contribution in [-0.4, -0.2) is 19.8 Å². The van der Waals surface area contributed by atoms with Gasteiger partial charge in [-0.25, -0.2) is 0 Å². The fourth-order valence-electron chi connectivity index (χ4n) is 1.68. The van der Waals surface area contributed by atoms with Crippen molar-refractivity contribution in [2.24, 2.45) is 0 Å². The van der Waals surface area contributed by atoms with Gasteiger partial charge in [-0.2, -0.15) is 13.2 Å². The Kier molecular flexibility index (Phi) is 5.04. The van der Waals surface area contributed by atoms with Gasteiger partial charge in [0.25, 0.3) is 0 Å². The van der Waals surface area contributed by atoms with Gasteiger partial charge in [0, 0.05) is 10.0 Å². The van der Waals surface area contributed by atoms with Gasteiger partial charge >= 0.3 is 6.18 Å². The lowest BCUT2D eigenvalue weighted by Gasteiger charge is -2.24. The van der Waals surface area contributed by atoms with Gasteiger partial charge < -0.3 is 10.1 Å². The quantitative estimate of drug-likeness (QED) is 0.904. The Labute approximate surface area is 113 Å². The van der Waals surface area contributed by atoms with Crippen LogP contribution in [0.1, 0.15) is 24.1 Å².